The molecule has 1 heterocycles. The molecule has 7 nitrogen and oxygen atoms in total. The molecular weight excluding hydrogens is 426 g/mol. The maximum absolute atomic E-state index is 13.9. The predicted molar refractivity (Wildman–Crippen MR) is 105 cm³/mol. The molecule has 2 aromatic carbocycles. The molecule has 0 aliphatic rings. The van der Waals surface area contributed by atoms with Gasteiger partial charge in [0, 0.05) is 21.0 Å². The lowest BCUT2D eigenvalue weighted by molar-refractivity contribution is -0.135. The normalized spacial score (nSPS) is 10.9. The van der Waals surface area contributed by atoms with Gasteiger partial charge in [-0.1, -0.05) is 29.3 Å². The first kappa shape index (κ1) is 20.6. The minimum absolute atomic E-state index is 0.0123. The van der Waals surface area contributed by atoms with Crippen LogP contribution in [0.15, 0.2) is 41.2 Å². The van der Waals surface area contributed by atoms with E-state index in [4.69, 9.17) is 28.3 Å². The zero-order valence-corrected chi connectivity index (χ0v) is 16.1. The fourth-order valence-electron chi connectivity index (χ4n) is 2.86. The van der Waals surface area contributed by atoms with Crippen LogP contribution in [0.25, 0.3) is 10.9 Å². The van der Waals surface area contributed by atoms with Crippen molar-refractivity contribution in [2.45, 2.75) is 6.54 Å². The predicted octanol–water partition coefficient (Wildman–Crippen LogP) is 3.02. The summed E-state index contributed by atoms with van der Waals surface area (Å²) in [5, 5.41) is 21.7. The van der Waals surface area contributed by atoms with Crippen molar-refractivity contribution < 1.29 is 24.2 Å². The number of aromatic nitrogens is 1. The number of carbonyl (C=O) groups excluding carboxylic acids is 1. The van der Waals surface area contributed by atoms with Crippen molar-refractivity contribution in [3.63, 3.8) is 0 Å². The highest BCUT2D eigenvalue weighted by atomic mass is 35.5. The van der Waals surface area contributed by atoms with Gasteiger partial charge in [0.1, 0.15) is 23.7 Å². The molecule has 0 atom stereocenters. The van der Waals surface area contributed by atoms with E-state index >= 15 is 0 Å². The highest BCUT2D eigenvalue weighted by Crippen LogP contribution is 2.30. The van der Waals surface area contributed by atoms with Crippen molar-refractivity contribution in [3.05, 3.63) is 73.7 Å². The lowest BCUT2D eigenvalue weighted by Crippen LogP contribution is -2.36. The quantitative estimate of drug-likeness (QED) is 0.567. The summed E-state index contributed by atoms with van der Waals surface area (Å²) < 4.78 is 14.9. The number of carboxylic acids is 1. The van der Waals surface area contributed by atoms with Gasteiger partial charge in [0.15, 0.2) is 0 Å². The second kappa shape index (κ2) is 8.10. The Balaban J connectivity index is 2.27. The molecule has 10 heteroatoms. The van der Waals surface area contributed by atoms with E-state index in [1.165, 1.54) is 6.07 Å². The van der Waals surface area contributed by atoms with Crippen LogP contribution in [0.5, 0.6) is 5.75 Å². The number of carboxylic acid groups (broad SMARTS) is 1. The molecule has 0 bridgehead atoms. The number of rotatable bonds is 5. The van der Waals surface area contributed by atoms with Crippen LogP contribution in [0.2, 0.25) is 10.0 Å². The van der Waals surface area contributed by atoms with Gasteiger partial charge in [0.25, 0.3) is 11.5 Å². The molecule has 150 valence electrons. The summed E-state index contributed by atoms with van der Waals surface area (Å²) in [7, 11) is 0. The van der Waals surface area contributed by atoms with Gasteiger partial charge in [-0.3, -0.25) is 14.4 Å². The van der Waals surface area contributed by atoms with E-state index in [0.717, 1.165) is 16.7 Å². The molecule has 3 N–H and O–H groups in total. The number of fused-ring (bicyclic) bond motifs is 1. The Morgan fingerprint density at radius 3 is 2.41 bits per heavy atom. The SMILES string of the molecule is O=C(O)CNC(=O)c1c(O)c2ccc(F)cc2n(Cc2c(Cl)cccc2Cl)c1=O. The van der Waals surface area contributed by atoms with Gasteiger partial charge in [0.2, 0.25) is 0 Å². The number of hydrogen-bond donors (Lipinski definition) is 3. The molecular formula is C19H13Cl2FN2O5. The van der Waals surface area contributed by atoms with E-state index in [2.05, 4.69) is 0 Å². The summed E-state index contributed by atoms with van der Waals surface area (Å²) in [6, 6.07) is 8.00. The molecule has 0 saturated carbocycles. The topological polar surface area (TPSA) is 109 Å². The van der Waals surface area contributed by atoms with Crippen LogP contribution in [0.4, 0.5) is 4.39 Å². The van der Waals surface area contributed by atoms with Gasteiger partial charge < -0.3 is 20.1 Å². The molecule has 29 heavy (non-hydrogen) atoms. The third-order valence-corrected chi connectivity index (χ3v) is 4.91. The maximum atomic E-state index is 13.9. The number of pyridine rings is 1. The third-order valence-electron chi connectivity index (χ3n) is 4.21. The molecule has 0 radical (unpaired) electrons. The Morgan fingerprint density at radius 2 is 1.79 bits per heavy atom. The number of nitrogens with one attached hydrogen (secondary N) is 1. The van der Waals surface area contributed by atoms with E-state index in [-0.39, 0.29) is 27.5 Å². The second-order valence-corrected chi connectivity index (χ2v) is 6.87. The molecule has 1 amide bonds. The largest absolute Gasteiger partial charge is 0.506 e. The van der Waals surface area contributed by atoms with E-state index < -0.39 is 41.1 Å². The number of aliphatic carboxylic acids is 1. The molecule has 0 aliphatic carbocycles. The minimum atomic E-state index is -1.33. The fraction of sp³-hybridized carbons (Fsp3) is 0.105. The van der Waals surface area contributed by atoms with Crippen LogP contribution in [-0.2, 0) is 11.3 Å². The first-order chi connectivity index (χ1) is 13.7. The third kappa shape index (κ3) is 4.03. The first-order valence-electron chi connectivity index (χ1n) is 8.18. The smallest absolute Gasteiger partial charge is 0.322 e. The maximum Gasteiger partial charge on any atom is 0.322 e. The van der Waals surface area contributed by atoms with Crippen LogP contribution in [0.1, 0.15) is 15.9 Å². The Kier molecular flexibility index (Phi) is 5.76. The van der Waals surface area contributed by atoms with Crippen molar-refractivity contribution >= 4 is 46.0 Å². The van der Waals surface area contributed by atoms with E-state index in [9.17, 15) is 23.9 Å². The van der Waals surface area contributed by atoms with Crippen molar-refractivity contribution in [3.8, 4) is 5.75 Å². The molecule has 1 aromatic heterocycles. The van der Waals surface area contributed by atoms with Crippen LogP contribution < -0.4 is 10.9 Å². The average Bonchev–Trinajstić information content (AvgIpc) is 2.65. The second-order valence-electron chi connectivity index (χ2n) is 6.05. The van der Waals surface area contributed by atoms with Crippen molar-refractivity contribution in [2.24, 2.45) is 0 Å². The van der Waals surface area contributed by atoms with Gasteiger partial charge in [-0.25, -0.2) is 4.39 Å². The number of aromatic hydroxyl groups is 1. The zero-order chi connectivity index (χ0) is 21.3. The van der Waals surface area contributed by atoms with Crippen molar-refractivity contribution in [2.75, 3.05) is 6.54 Å². The van der Waals surface area contributed by atoms with E-state index in [0.29, 0.717) is 5.56 Å². The Labute approximate surface area is 172 Å². The molecule has 0 unspecified atom stereocenters. The molecule has 0 aliphatic heterocycles. The zero-order valence-electron chi connectivity index (χ0n) is 14.6. The summed E-state index contributed by atoms with van der Waals surface area (Å²) in [6.07, 6.45) is 0. The van der Waals surface area contributed by atoms with E-state index in [1.54, 1.807) is 18.2 Å². The molecule has 0 fully saturated rings. The van der Waals surface area contributed by atoms with Gasteiger partial charge in [-0.05, 0) is 30.3 Å². The summed E-state index contributed by atoms with van der Waals surface area (Å²) >= 11 is 12.3. The summed E-state index contributed by atoms with van der Waals surface area (Å²) in [4.78, 5) is 36.1. The summed E-state index contributed by atoms with van der Waals surface area (Å²) in [6.45, 7) is -0.966. The molecule has 3 rings (SSSR count). The number of halogens is 3. The monoisotopic (exact) mass is 438 g/mol. The highest BCUT2D eigenvalue weighted by Gasteiger charge is 2.23. The van der Waals surface area contributed by atoms with Gasteiger partial charge >= 0.3 is 5.97 Å². The van der Waals surface area contributed by atoms with Gasteiger partial charge in [0.05, 0.1) is 12.1 Å². The van der Waals surface area contributed by atoms with Crippen LogP contribution in [0.3, 0.4) is 0 Å². The number of carbonyl (C=O) groups is 2. The lowest BCUT2D eigenvalue weighted by atomic mass is 10.1. The number of nitrogens with zero attached hydrogens (tertiary/aromatic N) is 1. The molecule has 3 aromatic rings. The Hall–Kier alpha value is -3.10. The average molecular weight is 439 g/mol. The van der Waals surface area contributed by atoms with Crippen LogP contribution in [0, 0.1) is 5.82 Å². The number of benzene rings is 2. The molecule has 0 saturated heterocycles. The summed E-state index contributed by atoms with van der Waals surface area (Å²) in [5.74, 6) is -3.77. The Morgan fingerprint density at radius 1 is 1.14 bits per heavy atom. The Bertz CT molecular complexity index is 1190. The number of hydrogen-bond acceptors (Lipinski definition) is 4. The summed E-state index contributed by atoms with van der Waals surface area (Å²) in [5.41, 5.74) is -1.27. The minimum Gasteiger partial charge on any atom is -0.506 e. The van der Waals surface area contributed by atoms with Gasteiger partial charge in [-0.15, -0.1) is 0 Å². The van der Waals surface area contributed by atoms with Gasteiger partial charge in [-0.2, -0.15) is 0 Å². The highest BCUT2D eigenvalue weighted by molar-refractivity contribution is 6.36. The van der Waals surface area contributed by atoms with E-state index in [1.807, 2.05) is 5.32 Å². The first-order valence-corrected chi connectivity index (χ1v) is 8.94. The molecule has 0 spiro atoms. The number of amides is 1. The lowest BCUT2D eigenvalue weighted by Gasteiger charge is -2.16. The van der Waals surface area contributed by atoms with Crippen LogP contribution in [-0.4, -0.2) is 33.2 Å². The van der Waals surface area contributed by atoms with Crippen molar-refractivity contribution in [1.29, 1.82) is 0 Å². The fourth-order valence-corrected chi connectivity index (χ4v) is 3.37. The standard InChI is InChI=1S/C19H13Cl2FN2O5/c20-12-2-1-3-13(21)11(12)8-24-14-6-9(22)4-5-10(14)17(27)16(19(24)29)18(28)23-7-15(25)26/h1-6,27H,7-8H2,(H,23,28)(H,25,26). The van der Waals surface area contributed by atoms with Crippen LogP contribution >= 0.6 is 23.2 Å². The van der Waals surface area contributed by atoms with Crippen molar-refractivity contribution in [1.82, 2.24) is 9.88 Å².